The van der Waals surface area contributed by atoms with Crippen LogP contribution in [0.2, 0.25) is 5.02 Å². The molecule has 0 aromatic heterocycles. The van der Waals surface area contributed by atoms with Crippen molar-refractivity contribution >= 4 is 33.2 Å². The number of anilines is 1. The van der Waals surface area contributed by atoms with Crippen LogP contribution in [0.3, 0.4) is 0 Å². The summed E-state index contributed by atoms with van der Waals surface area (Å²) in [5.41, 5.74) is 1.37. The first-order chi connectivity index (χ1) is 11.8. The van der Waals surface area contributed by atoms with E-state index in [-0.39, 0.29) is 12.5 Å². The van der Waals surface area contributed by atoms with Gasteiger partial charge in [0, 0.05) is 18.1 Å². The number of benzene rings is 2. The number of hydrogen-bond acceptors (Lipinski definition) is 3. The Morgan fingerprint density at radius 1 is 1.08 bits per heavy atom. The smallest absolute Gasteiger partial charge is 0.243 e. The van der Waals surface area contributed by atoms with Gasteiger partial charge >= 0.3 is 0 Å². The number of hydrogen-bond donors (Lipinski definition) is 0. The Bertz CT molecular complexity index is 825. The molecule has 0 aliphatic carbocycles. The molecule has 0 bridgehead atoms. The van der Waals surface area contributed by atoms with E-state index in [1.807, 2.05) is 37.3 Å². The molecule has 0 unspecified atom stereocenters. The van der Waals surface area contributed by atoms with Crippen LogP contribution in [0, 0.1) is 0 Å². The number of likely N-dealkylation sites (N-methyl/N-ethyl adjacent to an activating group) is 1. The van der Waals surface area contributed by atoms with Crippen LogP contribution in [0.15, 0.2) is 54.6 Å². The number of carbonyl (C=O) groups is 1. The summed E-state index contributed by atoms with van der Waals surface area (Å²) in [5, 5.41) is 0.412. The zero-order valence-corrected chi connectivity index (χ0v) is 15.8. The predicted molar refractivity (Wildman–Crippen MR) is 101 cm³/mol. The fraction of sp³-hybridized carbons (Fsp3) is 0.278. The molecular formula is C18H21ClN2O3S. The van der Waals surface area contributed by atoms with E-state index >= 15 is 0 Å². The molecule has 0 aliphatic heterocycles. The minimum atomic E-state index is -3.62. The van der Waals surface area contributed by atoms with Gasteiger partial charge in [-0.3, -0.25) is 9.10 Å². The van der Waals surface area contributed by atoms with Gasteiger partial charge in [0.15, 0.2) is 0 Å². The first kappa shape index (κ1) is 19.3. The second kappa shape index (κ2) is 8.36. The average molecular weight is 381 g/mol. The van der Waals surface area contributed by atoms with Gasteiger partial charge in [-0.15, -0.1) is 0 Å². The summed E-state index contributed by atoms with van der Waals surface area (Å²) in [6.45, 7) is 2.52. The van der Waals surface area contributed by atoms with Gasteiger partial charge in [-0.25, -0.2) is 8.42 Å². The molecule has 0 spiro atoms. The van der Waals surface area contributed by atoms with Gasteiger partial charge < -0.3 is 4.90 Å². The average Bonchev–Trinajstić information content (AvgIpc) is 2.57. The fourth-order valence-electron chi connectivity index (χ4n) is 2.43. The summed E-state index contributed by atoms with van der Waals surface area (Å²) in [6, 6.07) is 16.0. The number of carbonyl (C=O) groups excluding carboxylic acids is 1. The predicted octanol–water partition coefficient (Wildman–Crippen LogP) is 3.15. The van der Waals surface area contributed by atoms with E-state index in [2.05, 4.69) is 0 Å². The highest BCUT2D eigenvalue weighted by molar-refractivity contribution is 7.92. The van der Waals surface area contributed by atoms with Crippen LogP contribution in [0.4, 0.5) is 5.69 Å². The molecule has 5 nitrogen and oxygen atoms in total. The lowest BCUT2D eigenvalue weighted by Crippen LogP contribution is -2.42. The summed E-state index contributed by atoms with van der Waals surface area (Å²) >= 11 is 5.96. The monoisotopic (exact) mass is 380 g/mol. The van der Waals surface area contributed by atoms with Crippen LogP contribution in [0.5, 0.6) is 0 Å². The van der Waals surface area contributed by atoms with E-state index < -0.39 is 10.0 Å². The molecule has 0 atom stereocenters. The van der Waals surface area contributed by atoms with Crippen molar-refractivity contribution in [3.8, 4) is 0 Å². The van der Waals surface area contributed by atoms with Gasteiger partial charge in [0.2, 0.25) is 15.9 Å². The van der Waals surface area contributed by atoms with Crippen LogP contribution < -0.4 is 4.31 Å². The van der Waals surface area contributed by atoms with Crippen molar-refractivity contribution in [1.82, 2.24) is 4.90 Å². The van der Waals surface area contributed by atoms with Crippen molar-refractivity contribution in [2.45, 2.75) is 13.5 Å². The molecule has 0 saturated heterocycles. The van der Waals surface area contributed by atoms with Crippen molar-refractivity contribution in [3.05, 3.63) is 65.2 Å². The van der Waals surface area contributed by atoms with Gasteiger partial charge in [-0.05, 0) is 30.7 Å². The van der Waals surface area contributed by atoms with Crippen molar-refractivity contribution in [2.75, 3.05) is 23.7 Å². The maximum atomic E-state index is 12.7. The van der Waals surface area contributed by atoms with Gasteiger partial charge in [0.25, 0.3) is 0 Å². The molecule has 2 aromatic rings. The van der Waals surface area contributed by atoms with E-state index in [0.717, 1.165) is 16.1 Å². The standard InChI is InChI=1S/C18H21ClN2O3S/c1-3-20(13-15-8-5-4-6-9-15)18(22)14-21(25(2,23)24)17-11-7-10-16(19)12-17/h4-12H,3,13-14H2,1-2H3. The molecule has 1 amide bonds. The van der Waals surface area contributed by atoms with Gasteiger partial charge in [-0.2, -0.15) is 0 Å². The minimum absolute atomic E-state index is 0.264. The summed E-state index contributed by atoms with van der Waals surface area (Å²) in [5.74, 6) is -0.267. The lowest BCUT2D eigenvalue weighted by molar-refractivity contribution is -0.129. The van der Waals surface area contributed by atoms with Crippen molar-refractivity contribution in [2.24, 2.45) is 0 Å². The third kappa shape index (κ3) is 5.47. The minimum Gasteiger partial charge on any atom is -0.337 e. The maximum Gasteiger partial charge on any atom is 0.243 e. The van der Waals surface area contributed by atoms with Crippen LogP contribution in [0.1, 0.15) is 12.5 Å². The number of halogens is 1. The first-order valence-corrected chi connectivity index (χ1v) is 10.1. The van der Waals surface area contributed by atoms with E-state index in [4.69, 9.17) is 11.6 Å². The highest BCUT2D eigenvalue weighted by Crippen LogP contribution is 2.22. The van der Waals surface area contributed by atoms with Crippen molar-refractivity contribution in [3.63, 3.8) is 0 Å². The van der Waals surface area contributed by atoms with Crippen LogP contribution in [-0.2, 0) is 21.4 Å². The normalized spacial score (nSPS) is 11.2. The number of sulfonamides is 1. The first-order valence-electron chi connectivity index (χ1n) is 7.86. The van der Waals surface area contributed by atoms with E-state index in [1.165, 1.54) is 6.07 Å². The van der Waals surface area contributed by atoms with Crippen LogP contribution >= 0.6 is 11.6 Å². The third-order valence-electron chi connectivity index (χ3n) is 3.73. The number of nitrogens with zero attached hydrogens (tertiary/aromatic N) is 2. The summed E-state index contributed by atoms with van der Waals surface area (Å²) < 4.78 is 25.4. The topological polar surface area (TPSA) is 57.7 Å². The molecule has 2 aromatic carbocycles. The Kier molecular flexibility index (Phi) is 6.45. The highest BCUT2D eigenvalue weighted by atomic mass is 35.5. The molecule has 0 fully saturated rings. The molecular weight excluding hydrogens is 360 g/mol. The second-order valence-corrected chi connectivity index (χ2v) is 7.99. The van der Waals surface area contributed by atoms with Crippen molar-refractivity contribution < 1.29 is 13.2 Å². The Labute approximate surface area is 153 Å². The lowest BCUT2D eigenvalue weighted by atomic mass is 10.2. The molecule has 0 heterocycles. The SMILES string of the molecule is CCN(Cc1ccccc1)C(=O)CN(c1cccc(Cl)c1)S(C)(=O)=O. The number of rotatable bonds is 7. The van der Waals surface area contributed by atoms with Gasteiger partial charge in [-0.1, -0.05) is 48.0 Å². The van der Waals surface area contributed by atoms with Crippen molar-refractivity contribution in [1.29, 1.82) is 0 Å². The van der Waals surface area contributed by atoms with Crippen LogP contribution in [-0.4, -0.2) is 38.6 Å². The Morgan fingerprint density at radius 3 is 2.32 bits per heavy atom. The maximum absolute atomic E-state index is 12.7. The fourth-order valence-corrected chi connectivity index (χ4v) is 3.46. The molecule has 134 valence electrons. The van der Waals surface area contributed by atoms with Gasteiger partial charge in [0.05, 0.1) is 11.9 Å². The number of amides is 1. The quantitative estimate of drug-likeness (QED) is 0.741. The van der Waals surface area contributed by atoms with E-state index in [9.17, 15) is 13.2 Å². The van der Waals surface area contributed by atoms with E-state index in [0.29, 0.717) is 23.8 Å². The molecule has 0 aliphatic rings. The van der Waals surface area contributed by atoms with Gasteiger partial charge in [0.1, 0.15) is 6.54 Å². The van der Waals surface area contributed by atoms with E-state index in [1.54, 1.807) is 23.1 Å². The molecule has 7 heteroatoms. The Balaban J connectivity index is 2.21. The largest absolute Gasteiger partial charge is 0.337 e. The molecule has 0 N–H and O–H groups in total. The summed E-state index contributed by atoms with van der Waals surface area (Å²) in [6.07, 6.45) is 1.08. The Hall–Kier alpha value is -2.05. The summed E-state index contributed by atoms with van der Waals surface area (Å²) in [4.78, 5) is 14.3. The summed E-state index contributed by atoms with van der Waals surface area (Å²) in [7, 11) is -3.62. The molecule has 0 saturated carbocycles. The second-order valence-electron chi connectivity index (χ2n) is 5.64. The molecule has 2 rings (SSSR count). The highest BCUT2D eigenvalue weighted by Gasteiger charge is 2.23. The third-order valence-corrected chi connectivity index (χ3v) is 5.10. The van der Waals surface area contributed by atoms with Crippen LogP contribution in [0.25, 0.3) is 0 Å². The molecule has 25 heavy (non-hydrogen) atoms. The Morgan fingerprint density at radius 2 is 1.76 bits per heavy atom. The molecule has 0 radical (unpaired) electrons. The zero-order chi connectivity index (χ0) is 18.4. The lowest BCUT2D eigenvalue weighted by Gasteiger charge is -2.27. The zero-order valence-electron chi connectivity index (χ0n) is 14.2.